The molecule has 72 valence electrons. The van der Waals surface area contributed by atoms with E-state index in [9.17, 15) is 0 Å². The molecular weight excluding hydrogens is 226 g/mol. The topological polar surface area (TPSA) is 26.0 Å². The number of aryl methyl sites for hydroxylation is 1. The third-order valence-electron chi connectivity index (χ3n) is 2.58. The van der Waals surface area contributed by atoms with Crippen LogP contribution in [0.25, 0.3) is 0 Å². The number of hydrogen-bond acceptors (Lipinski definition) is 1. The van der Waals surface area contributed by atoms with Crippen LogP contribution in [0, 0.1) is 13.8 Å². The molecule has 1 aromatic carbocycles. The average Bonchev–Trinajstić information content (AvgIpc) is 2.12. The Balaban J connectivity index is 3.25. The Hall–Kier alpha value is -0.340. The zero-order chi connectivity index (χ0) is 10.0. The first-order chi connectivity index (χ1) is 6.07. The van der Waals surface area contributed by atoms with Crippen LogP contribution >= 0.6 is 15.9 Å². The lowest BCUT2D eigenvalue weighted by molar-refractivity contribution is 0.762. The molecule has 1 atom stereocenters. The smallest absolute Gasteiger partial charge is 0.0213 e. The van der Waals surface area contributed by atoms with Crippen LogP contribution in [0.15, 0.2) is 16.6 Å². The Morgan fingerprint density at radius 3 is 2.54 bits per heavy atom. The molecule has 0 fully saturated rings. The fourth-order valence-corrected chi connectivity index (χ4v) is 2.35. The molecule has 1 nitrogen and oxygen atoms in total. The molecule has 0 aliphatic rings. The van der Waals surface area contributed by atoms with E-state index < -0.39 is 0 Å². The molecule has 0 saturated carbocycles. The maximum atomic E-state index is 5.67. The van der Waals surface area contributed by atoms with Gasteiger partial charge in [0.25, 0.3) is 0 Å². The highest BCUT2D eigenvalue weighted by molar-refractivity contribution is 9.10. The van der Waals surface area contributed by atoms with Crippen molar-refractivity contribution in [3.05, 3.63) is 33.3 Å². The zero-order valence-corrected chi connectivity index (χ0v) is 9.98. The van der Waals surface area contributed by atoms with Gasteiger partial charge in [-0.1, -0.05) is 28.9 Å². The zero-order valence-electron chi connectivity index (χ0n) is 8.39. The largest absolute Gasteiger partial charge is 0.330 e. The summed E-state index contributed by atoms with van der Waals surface area (Å²) < 4.78 is 1.17. The van der Waals surface area contributed by atoms with Crippen LogP contribution < -0.4 is 5.73 Å². The van der Waals surface area contributed by atoms with Gasteiger partial charge in [0.15, 0.2) is 0 Å². The Morgan fingerprint density at radius 1 is 1.38 bits per heavy atom. The molecule has 0 radical (unpaired) electrons. The van der Waals surface area contributed by atoms with Gasteiger partial charge in [-0.15, -0.1) is 0 Å². The Bertz CT molecular complexity index is 307. The van der Waals surface area contributed by atoms with Gasteiger partial charge in [0.05, 0.1) is 0 Å². The predicted octanol–water partition coefficient (Wildman–Crippen LogP) is 3.13. The van der Waals surface area contributed by atoms with E-state index in [1.165, 1.54) is 21.2 Å². The van der Waals surface area contributed by atoms with Gasteiger partial charge in [-0.25, -0.2) is 0 Å². The third kappa shape index (κ3) is 2.12. The Labute approximate surface area is 88.5 Å². The first kappa shape index (κ1) is 10.7. The molecule has 1 rings (SSSR count). The molecule has 13 heavy (non-hydrogen) atoms. The molecule has 1 unspecified atom stereocenters. The van der Waals surface area contributed by atoms with Crippen LogP contribution in [-0.2, 0) is 0 Å². The van der Waals surface area contributed by atoms with Crippen LogP contribution in [0.3, 0.4) is 0 Å². The van der Waals surface area contributed by atoms with Crippen molar-refractivity contribution in [1.82, 2.24) is 0 Å². The summed E-state index contributed by atoms with van der Waals surface area (Å²) >= 11 is 3.57. The van der Waals surface area contributed by atoms with Gasteiger partial charge in [-0.3, -0.25) is 0 Å². The second kappa shape index (κ2) is 4.25. The van der Waals surface area contributed by atoms with Crippen molar-refractivity contribution in [2.75, 3.05) is 6.54 Å². The minimum atomic E-state index is 0.425. The van der Waals surface area contributed by atoms with Gasteiger partial charge >= 0.3 is 0 Å². The van der Waals surface area contributed by atoms with E-state index in [0.717, 1.165) is 0 Å². The molecular formula is C11H16BrN. The summed E-state index contributed by atoms with van der Waals surface area (Å²) in [5.74, 6) is 0.425. The fraction of sp³-hybridized carbons (Fsp3) is 0.455. The highest BCUT2D eigenvalue weighted by atomic mass is 79.9. The van der Waals surface area contributed by atoms with Gasteiger partial charge in [0.1, 0.15) is 0 Å². The Morgan fingerprint density at radius 2 is 2.00 bits per heavy atom. The third-order valence-corrected chi connectivity index (χ3v) is 3.27. The van der Waals surface area contributed by atoms with Crippen molar-refractivity contribution in [1.29, 1.82) is 0 Å². The minimum absolute atomic E-state index is 0.425. The molecule has 0 spiro atoms. The predicted molar refractivity (Wildman–Crippen MR) is 61.1 cm³/mol. The van der Waals surface area contributed by atoms with Crippen LogP contribution in [0.4, 0.5) is 0 Å². The SMILES string of the molecule is Cc1ccc(Br)c(C(C)CN)c1C. The molecule has 0 amide bonds. The lowest BCUT2D eigenvalue weighted by atomic mass is 9.94. The number of nitrogens with two attached hydrogens (primary N) is 1. The number of halogens is 1. The molecule has 0 aromatic heterocycles. The second-order valence-corrected chi connectivity index (χ2v) is 4.39. The van der Waals surface area contributed by atoms with Gasteiger partial charge in [-0.05, 0) is 49.1 Å². The highest BCUT2D eigenvalue weighted by Crippen LogP contribution is 2.29. The molecule has 0 aliphatic heterocycles. The van der Waals surface area contributed by atoms with Crippen molar-refractivity contribution in [2.45, 2.75) is 26.7 Å². The van der Waals surface area contributed by atoms with E-state index in [1.807, 2.05) is 0 Å². The van der Waals surface area contributed by atoms with Gasteiger partial charge < -0.3 is 5.73 Å². The van der Waals surface area contributed by atoms with Crippen molar-refractivity contribution in [3.8, 4) is 0 Å². The van der Waals surface area contributed by atoms with Crippen LogP contribution in [0.5, 0.6) is 0 Å². The van der Waals surface area contributed by atoms with Crippen molar-refractivity contribution < 1.29 is 0 Å². The lowest BCUT2D eigenvalue weighted by Crippen LogP contribution is -2.11. The fourth-order valence-electron chi connectivity index (χ4n) is 1.53. The number of benzene rings is 1. The number of rotatable bonds is 2. The van der Waals surface area contributed by atoms with E-state index in [1.54, 1.807) is 0 Å². The molecule has 0 saturated heterocycles. The van der Waals surface area contributed by atoms with Gasteiger partial charge in [-0.2, -0.15) is 0 Å². The quantitative estimate of drug-likeness (QED) is 0.847. The van der Waals surface area contributed by atoms with E-state index in [4.69, 9.17) is 5.73 Å². The van der Waals surface area contributed by atoms with E-state index in [-0.39, 0.29) is 0 Å². The summed E-state index contributed by atoms with van der Waals surface area (Å²) in [6, 6.07) is 4.23. The maximum Gasteiger partial charge on any atom is 0.0213 e. The first-order valence-electron chi connectivity index (χ1n) is 4.53. The number of hydrogen-bond donors (Lipinski definition) is 1. The lowest BCUT2D eigenvalue weighted by Gasteiger charge is -2.16. The summed E-state index contributed by atoms with van der Waals surface area (Å²) in [5, 5.41) is 0. The molecule has 0 heterocycles. The second-order valence-electron chi connectivity index (χ2n) is 3.54. The van der Waals surface area contributed by atoms with Crippen molar-refractivity contribution in [2.24, 2.45) is 5.73 Å². The average molecular weight is 242 g/mol. The van der Waals surface area contributed by atoms with Crippen molar-refractivity contribution in [3.63, 3.8) is 0 Å². The normalized spacial score (nSPS) is 13.0. The maximum absolute atomic E-state index is 5.67. The summed E-state index contributed by atoms with van der Waals surface area (Å²) in [6.07, 6.45) is 0. The molecule has 0 bridgehead atoms. The van der Waals surface area contributed by atoms with Crippen LogP contribution in [0.1, 0.15) is 29.5 Å². The Kier molecular flexibility index (Phi) is 3.51. The van der Waals surface area contributed by atoms with Crippen LogP contribution in [0.2, 0.25) is 0 Å². The monoisotopic (exact) mass is 241 g/mol. The summed E-state index contributed by atoms with van der Waals surface area (Å²) in [6.45, 7) is 7.14. The van der Waals surface area contributed by atoms with Gasteiger partial charge in [0.2, 0.25) is 0 Å². The standard InChI is InChI=1S/C11H16BrN/c1-7-4-5-10(12)11(9(7)3)8(2)6-13/h4-5,8H,6,13H2,1-3H3. The van der Waals surface area contributed by atoms with E-state index >= 15 is 0 Å². The minimum Gasteiger partial charge on any atom is -0.330 e. The highest BCUT2D eigenvalue weighted by Gasteiger charge is 2.11. The molecule has 2 N–H and O–H groups in total. The molecule has 0 aliphatic carbocycles. The molecule has 2 heteroatoms. The summed E-state index contributed by atoms with van der Waals surface area (Å²) in [4.78, 5) is 0. The summed E-state index contributed by atoms with van der Waals surface area (Å²) in [5.41, 5.74) is 9.71. The van der Waals surface area contributed by atoms with Gasteiger partial charge in [0, 0.05) is 4.47 Å². The molecule has 1 aromatic rings. The van der Waals surface area contributed by atoms with E-state index in [2.05, 4.69) is 48.8 Å². The van der Waals surface area contributed by atoms with Crippen LogP contribution in [-0.4, -0.2) is 6.54 Å². The van der Waals surface area contributed by atoms with E-state index in [0.29, 0.717) is 12.5 Å². The first-order valence-corrected chi connectivity index (χ1v) is 5.33. The summed E-state index contributed by atoms with van der Waals surface area (Å²) in [7, 11) is 0. The van der Waals surface area contributed by atoms with Crippen molar-refractivity contribution >= 4 is 15.9 Å².